The molecule has 9 nitrogen and oxygen atoms in total. The first-order valence-corrected chi connectivity index (χ1v) is 14.4. The van der Waals surface area contributed by atoms with E-state index in [9.17, 15) is 18.0 Å². The van der Waals surface area contributed by atoms with E-state index in [0.29, 0.717) is 22.6 Å². The second kappa shape index (κ2) is 12.8. The molecule has 0 bridgehead atoms. The van der Waals surface area contributed by atoms with Gasteiger partial charge in [0.25, 0.3) is 0 Å². The van der Waals surface area contributed by atoms with Crippen LogP contribution in [0.25, 0.3) is 17.1 Å². The number of nitrogens with zero attached hydrogens (tertiary/aromatic N) is 5. The Morgan fingerprint density at radius 1 is 1.07 bits per heavy atom. The van der Waals surface area contributed by atoms with Crippen molar-refractivity contribution in [3.63, 3.8) is 0 Å². The summed E-state index contributed by atoms with van der Waals surface area (Å²) >= 11 is 1.54. The van der Waals surface area contributed by atoms with Gasteiger partial charge in [-0.25, -0.2) is 14.5 Å². The third-order valence-corrected chi connectivity index (χ3v) is 7.56. The normalized spacial score (nSPS) is 14.4. The van der Waals surface area contributed by atoms with Crippen molar-refractivity contribution in [1.82, 2.24) is 20.1 Å². The number of rotatable bonds is 8. The Labute approximate surface area is 250 Å². The van der Waals surface area contributed by atoms with Crippen molar-refractivity contribution >= 4 is 28.6 Å². The highest BCUT2D eigenvalue weighted by Gasteiger charge is 2.31. The zero-order chi connectivity index (χ0) is 30.6. The number of hydrogen-bond acceptors (Lipinski definition) is 6. The van der Waals surface area contributed by atoms with Gasteiger partial charge in [0.05, 0.1) is 12.8 Å². The van der Waals surface area contributed by atoms with Crippen LogP contribution >= 0.6 is 11.8 Å². The van der Waals surface area contributed by atoms with Crippen molar-refractivity contribution in [2.75, 3.05) is 24.3 Å². The fourth-order valence-corrected chi connectivity index (χ4v) is 5.44. The molecule has 0 unspecified atom stereocenters. The Kier molecular flexibility index (Phi) is 8.90. The number of nitrogens with one attached hydrogen (secondary N) is 1. The molecule has 1 N–H and O–H groups in total. The van der Waals surface area contributed by atoms with Gasteiger partial charge in [-0.3, -0.25) is 0 Å². The summed E-state index contributed by atoms with van der Waals surface area (Å²) in [6.07, 6.45) is -3.28. The van der Waals surface area contributed by atoms with Crippen LogP contribution in [0.15, 0.2) is 78.0 Å². The van der Waals surface area contributed by atoms with E-state index in [-0.39, 0.29) is 12.3 Å². The quantitative estimate of drug-likeness (QED) is 0.235. The first-order chi connectivity index (χ1) is 20.6. The van der Waals surface area contributed by atoms with Gasteiger partial charge in [-0.05, 0) is 47.4 Å². The van der Waals surface area contributed by atoms with Gasteiger partial charge >= 0.3 is 12.4 Å². The molecule has 5 rings (SSSR count). The third-order valence-electron chi connectivity index (χ3n) is 6.61. The Morgan fingerprint density at radius 3 is 2.47 bits per heavy atom. The molecule has 2 amide bonds. The first kappa shape index (κ1) is 30.0. The molecule has 0 aliphatic carbocycles. The number of amides is 2. The molecule has 224 valence electrons. The van der Waals surface area contributed by atoms with E-state index in [1.54, 1.807) is 7.11 Å². The molecule has 4 aromatic rings. The lowest BCUT2D eigenvalue weighted by molar-refractivity contribution is -0.274. The smallest absolute Gasteiger partial charge is 0.497 e. The van der Waals surface area contributed by atoms with Crippen LogP contribution in [0.4, 0.5) is 23.7 Å². The highest BCUT2D eigenvalue weighted by Crippen LogP contribution is 2.35. The lowest BCUT2D eigenvalue weighted by atomic mass is 10.00. The van der Waals surface area contributed by atoms with Crippen molar-refractivity contribution in [2.45, 2.75) is 32.7 Å². The summed E-state index contributed by atoms with van der Waals surface area (Å²) in [5.41, 5.74) is 4.28. The molecule has 1 aromatic heterocycles. The third kappa shape index (κ3) is 7.47. The maximum atomic E-state index is 12.8. The summed E-state index contributed by atoms with van der Waals surface area (Å²) in [5.74, 6) is 1.99. The van der Waals surface area contributed by atoms with Crippen LogP contribution < -0.4 is 19.7 Å². The van der Waals surface area contributed by atoms with Gasteiger partial charge in [0, 0.05) is 36.2 Å². The number of anilines is 1. The molecule has 0 saturated carbocycles. The number of methoxy groups -OCH3 is 1. The van der Waals surface area contributed by atoms with Gasteiger partial charge in [-0.2, -0.15) is 4.99 Å². The number of urea groups is 1. The standard InChI is InChI=1S/C30H29F3N6O3S/c1-19(2)25-13-12-24(41-3)16-26(25)38-14-15-43-29(38)36-28(40)34-17-20-4-6-21(7-5-20)27-35-18-39(37-27)22-8-10-23(11-9-22)42-30(31,32)33/h4-13,16,18-19H,14-15,17H2,1-3H3,(H,34,40). The van der Waals surface area contributed by atoms with Crippen molar-refractivity contribution in [1.29, 1.82) is 0 Å². The molecule has 1 fully saturated rings. The van der Waals surface area contributed by atoms with Crippen LogP contribution in [0.3, 0.4) is 0 Å². The van der Waals surface area contributed by atoms with Gasteiger partial charge in [0.2, 0.25) is 0 Å². The number of ether oxygens (including phenoxy) is 2. The number of hydrogen-bond donors (Lipinski definition) is 1. The summed E-state index contributed by atoms with van der Waals surface area (Å²) in [7, 11) is 1.63. The Morgan fingerprint density at radius 2 is 1.79 bits per heavy atom. The molecule has 1 saturated heterocycles. The summed E-state index contributed by atoms with van der Waals surface area (Å²) < 4.78 is 48.0. The highest BCUT2D eigenvalue weighted by molar-refractivity contribution is 8.14. The zero-order valence-electron chi connectivity index (χ0n) is 23.6. The number of aliphatic imine (C=N–C) groups is 1. The SMILES string of the molecule is COc1ccc(C(C)C)c(N2CCSC2=NC(=O)NCc2ccc(-c3ncn(-c4ccc(OC(F)(F)F)cc4)n3)cc2)c1. The fourth-order valence-electron chi connectivity index (χ4n) is 4.49. The molecule has 43 heavy (non-hydrogen) atoms. The van der Waals surface area contributed by atoms with Gasteiger partial charge in [-0.15, -0.1) is 18.3 Å². The van der Waals surface area contributed by atoms with Crippen molar-refractivity contribution in [3.8, 4) is 28.6 Å². The number of amidine groups is 1. The fraction of sp³-hybridized carbons (Fsp3) is 0.267. The van der Waals surface area contributed by atoms with E-state index < -0.39 is 12.4 Å². The number of benzene rings is 3. The summed E-state index contributed by atoms with van der Waals surface area (Å²) in [6.45, 7) is 5.28. The number of halogens is 3. The van der Waals surface area contributed by atoms with Crippen LogP contribution in [0.2, 0.25) is 0 Å². The van der Waals surface area contributed by atoms with Gasteiger partial charge < -0.3 is 19.7 Å². The van der Waals surface area contributed by atoms with Gasteiger partial charge in [-0.1, -0.05) is 55.9 Å². The molecular weight excluding hydrogens is 581 g/mol. The molecule has 1 aliphatic heterocycles. The lowest BCUT2D eigenvalue weighted by Gasteiger charge is -2.23. The Bertz CT molecular complexity index is 1600. The van der Waals surface area contributed by atoms with Crippen LogP contribution in [0, 0.1) is 0 Å². The topological polar surface area (TPSA) is 93.9 Å². The van der Waals surface area contributed by atoms with E-state index in [1.165, 1.54) is 47.0 Å². The first-order valence-electron chi connectivity index (χ1n) is 13.4. The Balaban J connectivity index is 1.20. The summed E-state index contributed by atoms with van der Waals surface area (Å²) in [6, 6.07) is 18.3. The predicted octanol–water partition coefficient (Wildman–Crippen LogP) is 6.78. The van der Waals surface area contributed by atoms with E-state index in [1.807, 2.05) is 36.4 Å². The minimum Gasteiger partial charge on any atom is -0.497 e. The largest absolute Gasteiger partial charge is 0.573 e. The molecule has 1 aliphatic rings. The Hall–Kier alpha value is -4.52. The molecular formula is C30H29F3N6O3S. The van der Waals surface area contributed by atoms with Crippen molar-refractivity contribution in [2.24, 2.45) is 4.99 Å². The maximum Gasteiger partial charge on any atom is 0.573 e. The number of thioether (sulfide) groups is 1. The maximum absolute atomic E-state index is 12.8. The number of carbonyl (C=O) groups is 1. The summed E-state index contributed by atoms with van der Waals surface area (Å²) in [5, 5.41) is 7.92. The minimum atomic E-state index is -4.75. The molecule has 2 heterocycles. The molecule has 0 spiro atoms. The average Bonchev–Trinajstić information content (AvgIpc) is 3.66. The zero-order valence-corrected chi connectivity index (χ0v) is 24.4. The van der Waals surface area contributed by atoms with E-state index in [2.05, 4.69) is 49.9 Å². The van der Waals surface area contributed by atoms with E-state index in [0.717, 1.165) is 40.4 Å². The van der Waals surface area contributed by atoms with Crippen LogP contribution in [-0.2, 0) is 6.54 Å². The average molecular weight is 611 g/mol. The highest BCUT2D eigenvalue weighted by atomic mass is 32.2. The molecule has 0 atom stereocenters. The van der Waals surface area contributed by atoms with Crippen molar-refractivity contribution in [3.05, 3.63) is 84.2 Å². The van der Waals surface area contributed by atoms with E-state index >= 15 is 0 Å². The minimum absolute atomic E-state index is 0.283. The van der Waals surface area contributed by atoms with Crippen LogP contribution in [-0.4, -0.2) is 51.7 Å². The van der Waals surface area contributed by atoms with Crippen molar-refractivity contribution < 1.29 is 27.4 Å². The summed E-state index contributed by atoms with van der Waals surface area (Å²) in [4.78, 5) is 23.5. The second-order valence-electron chi connectivity index (χ2n) is 9.88. The van der Waals surface area contributed by atoms with Crippen LogP contribution in [0.1, 0.15) is 30.9 Å². The molecule has 0 radical (unpaired) electrons. The molecule has 3 aromatic carbocycles. The van der Waals surface area contributed by atoms with Gasteiger partial charge in [0.15, 0.2) is 11.0 Å². The second-order valence-corrected chi connectivity index (χ2v) is 10.9. The molecule has 13 heteroatoms. The predicted molar refractivity (Wildman–Crippen MR) is 160 cm³/mol. The monoisotopic (exact) mass is 610 g/mol. The number of carbonyl (C=O) groups excluding carboxylic acids is 1. The van der Waals surface area contributed by atoms with E-state index in [4.69, 9.17) is 4.74 Å². The van der Waals surface area contributed by atoms with Crippen LogP contribution in [0.5, 0.6) is 11.5 Å². The lowest BCUT2D eigenvalue weighted by Crippen LogP contribution is -2.28. The number of aromatic nitrogens is 3. The van der Waals surface area contributed by atoms with Gasteiger partial charge in [0.1, 0.15) is 17.8 Å². The number of alkyl halides is 3.